The minimum atomic E-state index is 0.0718. The Morgan fingerprint density at radius 2 is 2.42 bits per heavy atom. The highest BCUT2D eigenvalue weighted by atomic mass is 16.3. The van der Waals surface area contributed by atoms with Crippen LogP contribution in [0.2, 0.25) is 0 Å². The summed E-state index contributed by atoms with van der Waals surface area (Å²) in [6.45, 7) is 2.02. The first-order valence-corrected chi connectivity index (χ1v) is 3.85. The Morgan fingerprint density at radius 1 is 1.58 bits per heavy atom. The third-order valence-corrected chi connectivity index (χ3v) is 1.83. The van der Waals surface area contributed by atoms with Gasteiger partial charge in [-0.05, 0) is 24.6 Å². The van der Waals surface area contributed by atoms with Crippen molar-refractivity contribution in [2.75, 3.05) is 0 Å². The summed E-state index contributed by atoms with van der Waals surface area (Å²) < 4.78 is 1.94. The Morgan fingerprint density at radius 3 is 3.17 bits per heavy atom. The zero-order chi connectivity index (χ0) is 8.55. The van der Waals surface area contributed by atoms with E-state index in [2.05, 4.69) is 4.98 Å². The lowest BCUT2D eigenvalue weighted by atomic mass is 10.3. The molecule has 0 fully saturated rings. The average Bonchev–Trinajstić information content (AvgIpc) is 2.43. The topological polar surface area (TPSA) is 37.5 Å². The number of pyridine rings is 1. The highest BCUT2D eigenvalue weighted by Gasteiger charge is 1.97. The number of hydrogen-bond donors (Lipinski definition) is 1. The minimum Gasteiger partial charge on any atom is -0.392 e. The van der Waals surface area contributed by atoms with Gasteiger partial charge in [0.1, 0.15) is 5.65 Å². The molecule has 0 amide bonds. The molecule has 0 spiro atoms. The molecule has 2 aromatic heterocycles. The predicted molar refractivity (Wildman–Crippen MR) is 45.9 cm³/mol. The number of aryl methyl sites for hydroxylation is 1. The summed E-state index contributed by atoms with van der Waals surface area (Å²) in [6, 6.07) is 3.76. The van der Waals surface area contributed by atoms with Crippen molar-refractivity contribution in [3.63, 3.8) is 0 Å². The Labute approximate surface area is 70.3 Å². The molecule has 0 unspecified atom stereocenters. The number of aliphatic hydroxyl groups excluding tert-OH is 1. The van der Waals surface area contributed by atoms with Gasteiger partial charge in [-0.25, -0.2) is 4.98 Å². The Kier molecular flexibility index (Phi) is 1.59. The molecule has 0 aliphatic rings. The molecular weight excluding hydrogens is 152 g/mol. The molecule has 0 aliphatic heterocycles. The molecule has 1 N–H and O–H groups in total. The molecule has 3 heteroatoms. The van der Waals surface area contributed by atoms with E-state index >= 15 is 0 Å². The summed E-state index contributed by atoms with van der Waals surface area (Å²) in [6.07, 6.45) is 3.86. The van der Waals surface area contributed by atoms with Crippen LogP contribution in [0.15, 0.2) is 24.5 Å². The van der Waals surface area contributed by atoms with Crippen molar-refractivity contribution < 1.29 is 5.11 Å². The smallest absolute Gasteiger partial charge is 0.137 e. The van der Waals surface area contributed by atoms with Crippen LogP contribution in [0.3, 0.4) is 0 Å². The van der Waals surface area contributed by atoms with Crippen molar-refractivity contribution in [2.45, 2.75) is 13.5 Å². The highest BCUT2D eigenvalue weighted by molar-refractivity contribution is 5.42. The SMILES string of the molecule is Cc1cn2ccc(CO)cc2n1. The molecule has 0 aliphatic carbocycles. The first kappa shape index (κ1) is 7.31. The number of aliphatic hydroxyl groups is 1. The van der Waals surface area contributed by atoms with Crippen LogP contribution in [-0.4, -0.2) is 14.5 Å². The number of fused-ring (bicyclic) bond motifs is 1. The van der Waals surface area contributed by atoms with Gasteiger partial charge < -0.3 is 9.51 Å². The zero-order valence-electron chi connectivity index (χ0n) is 6.86. The lowest BCUT2D eigenvalue weighted by Gasteiger charge is -1.95. The van der Waals surface area contributed by atoms with Crippen LogP contribution in [0.25, 0.3) is 5.65 Å². The van der Waals surface area contributed by atoms with Crippen LogP contribution in [0, 0.1) is 6.92 Å². The lowest BCUT2D eigenvalue weighted by Crippen LogP contribution is -1.87. The van der Waals surface area contributed by atoms with Crippen molar-refractivity contribution in [3.05, 3.63) is 35.8 Å². The van der Waals surface area contributed by atoms with Crippen LogP contribution in [0.5, 0.6) is 0 Å². The van der Waals surface area contributed by atoms with E-state index in [1.54, 1.807) is 0 Å². The maximum atomic E-state index is 8.87. The van der Waals surface area contributed by atoms with E-state index in [0.29, 0.717) is 0 Å². The molecule has 0 saturated carbocycles. The van der Waals surface area contributed by atoms with E-state index in [-0.39, 0.29) is 6.61 Å². The van der Waals surface area contributed by atoms with E-state index in [1.165, 1.54) is 0 Å². The quantitative estimate of drug-likeness (QED) is 0.682. The van der Waals surface area contributed by atoms with Gasteiger partial charge in [-0.15, -0.1) is 0 Å². The Hall–Kier alpha value is -1.35. The lowest BCUT2D eigenvalue weighted by molar-refractivity contribution is 0.282. The molecular formula is C9H10N2O. The molecule has 62 valence electrons. The van der Waals surface area contributed by atoms with Gasteiger partial charge in [0.2, 0.25) is 0 Å². The summed E-state index contributed by atoms with van der Waals surface area (Å²) in [4.78, 5) is 4.27. The maximum Gasteiger partial charge on any atom is 0.137 e. The third-order valence-electron chi connectivity index (χ3n) is 1.83. The molecule has 3 nitrogen and oxygen atoms in total. The molecule has 0 radical (unpaired) electrons. The van der Waals surface area contributed by atoms with E-state index in [4.69, 9.17) is 5.11 Å². The second-order valence-corrected chi connectivity index (χ2v) is 2.84. The second kappa shape index (κ2) is 2.60. The van der Waals surface area contributed by atoms with Gasteiger partial charge in [0.15, 0.2) is 0 Å². The van der Waals surface area contributed by atoms with E-state index < -0.39 is 0 Å². The fraction of sp³-hybridized carbons (Fsp3) is 0.222. The van der Waals surface area contributed by atoms with Crippen LogP contribution < -0.4 is 0 Å². The number of rotatable bonds is 1. The number of imidazole rings is 1. The standard InChI is InChI=1S/C9H10N2O/c1-7-5-11-3-2-8(6-12)4-9(11)10-7/h2-5,12H,6H2,1H3. The number of aromatic nitrogens is 2. The van der Waals surface area contributed by atoms with Gasteiger partial charge in [-0.3, -0.25) is 0 Å². The summed E-state index contributed by atoms with van der Waals surface area (Å²) in [7, 11) is 0. The summed E-state index contributed by atoms with van der Waals surface area (Å²) in [5.74, 6) is 0. The molecule has 0 atom stereocenters. The predicted octanol–water partition coefficient (Wildman–Crippen LogP) is 1.14. The Balaban J connectivity index is 2.66. The van der Waals surface area contributed by atoms with Gasteiger partial charge in [0, 0.05) is 12.4 Å². The molecule has 0 saturated heterocycles. The molecule has 0 bridgehead atoms. The zero-order valence-corrected chi connectivity index (χ0v) is 6.86. The average molecular weight is 162 g/mol. The van der Waals surface area contributed by atoms with Gasteiger partial charge in [0.25, 0.3) is 0 Å². The number of hydrogen-bond acceptors (Lipinski definition) is 2. The third kappa shape index (κ3) is 1.08. The van der Waals surface area contributed by atoms with Crippen molar-refractivity contribution >= 4 is 5.65 Å². The van der Waals surface area contributed by atoms with Crippen molar-refractivity contribution in [2.24, 2.45) is 0 Å². The number of nitrogens with zero attached hydrogens (tertiary/aromatic N) is 2. The van der Waals surface area contributed by atoms with Gasteiger partial charge in [-0.2, -0.15) is 0 Å². The summed E-state index contributed by atoms with van der Waals surface area (Å²) in [5, 5.41) is 8.87. The fourth-order valence-corrected chi connectivity index (χ4v) is 1.25. The van der Waals surface area contributed by atoms with Gasteiger partial charge >= 0.3 is 0 Å². The normalized spacial score (nSPS) is 10.8. The van der Waals surface area contributed by atoms with Crippen molar-refractivity contribution in [3.8, 4) is 0 Å². The first-order valence-electron chi connectivity index (χ1n) is 3.85. The van der Waals surface area contributed by atoms with Crippen molar-refractivity contribution in [1.29, 1.82) is 0 Å². The maximum absolute atomic E-state index is 8.87. The molecule has 2 aromatic rings. The molecule has 12 heavy (non-hydrogen) atoms. The Bertz CT molecular complexity index is 406. The first-order chi connectivity index (χ1) is 5.79. The minimum absolute atomic E-state index is 0.0718. The largest absolute Gasteiger partial charge is 0.392 e. The van der Waals surface area contributed by atoms with Gasteiger partial charge in [0.05, 0.1) is 12.3 Å². The fourth-order valence-electron chi connectivity index (χ4n) is 1.25. The van der Waals surface area contributed by atoms with Crippen LogP contribution in [0.1, 0.15) is 11.3 Å². The summed E-state index contributed by atoms with van der Waals surface area (Å²) in [5.41, 5.74) is 2.78. The summed E-state index contributed by atoms with van der Waals surface area (Å²) >= 11 is 0. The van der Waals surface area contributed by atoms with E-state index in [1.807, 2.05) is 35.9 Å². The molecule has 0 aromatic carbocycles. The highest BCUT2D eigenvalue weighted by Crippen LogP contribution is 2.07. The molecule has 2 heterocycles. The van der Waals surface area contributed by atoms with Crippen molar-refractivity contribution in [1.82, 2.24) is 9.38 Å². The van der Waals surface area contributed by atoms with Crippen LogP contribution >= 0.6 is 0 Å². The van der Waals surface area contributed by atoms with Gasteiger partial charge in [-0.1, -0.05) is 0 Å². The molecule has 2 rings (SSSR count). The second-order valence-electron chi connectivity index (χ2n) is 2.84. The van der Waals surface area contributed by atoms with Crippen LogP contribution in [-0.2, 0) is 6.61 Å². The van der Waals surface area contributed by atoms with E-state index in [9.17, 15) is 0 Å². The van der Waals surface area contributed by atoms with E-state index in [0.717, 1.165) is 16.9 Å². The van der Waals surface area contributed by atoms with Crippen LogP contribution in [0.4, 0.5) is 0 Å². The monoisotopic (exact) mass is 162 g/mol.